The zero-order chi connectivity index (χ0) is 23.4. The number of pyridine rings is 1. The fraction of sp³-hybridized carbons (Fsp3) is 0.500. The van der Waals surface area contributed by atoms with Crippen LogP contribution in [0.1, 0.15) is 62.0 Å². The number of aromatic nitrogens is 1. The quantitative estimate of drug-likeness (QED) is 0.689. The van der Waals surface area contributed by atoms with Gasteiger partial charge < -0.3 is 19.4 Å². The highest BCUT2D eigenvalue weighted by molar-refractivity contribution is 5.94. The summed E-state index contributed by atoms with van der Waals surface area (Å²) in [5.74, 6) is 0.988. The molecule has 7 nitrogen and oxygen atoms in total. The van der Waals surface area contributed by atoms with E-state index in [1.807, 2.05) is 68.3 Å². The average Bonchev–Trinajstić information content (AvgIpc) is 2.83. The topological polar surface area (TPSA) is 66.0 Å². The number of hydrogen-bond acceptors (Lipinski definition) is 5. The molecule has 0 saturated carbocycles. The number of benzene rings is 1. The van der Waals surface area contributed by atoms with E-state index in [0.717, 1.165) is 42.8 Å². The van der Waals surface area contributed by atoms with Crippen molar-refractivity contribution in [3.05, 3.63) is 59.8 Å². The third-order valence-electron chi connectivity index (χ3n) is 6.20. The Kier molecular flexibility index (Phi) is 6.86. The van der Waals surface area contributed by atoms with Crippen LogP contribution in [0.5, 0.6) is 0 Å². The van der Waals surface area contributed by atoms with Gasteiger partial charge in [0.05, 0.1) is 6.04 Å². The summed E-state index contributed by atoms with van der Waals surface area (Å²) in [5.41, 5.74) is 1.33. The van der Waals surface area contributed by atoms with E-state index >= 15 is 0 Å². The molecule has 2 aliphatic rings. The molecule has 1 unspecified atom stereocenters. The van der Waals surface area contributed by atoms with Gasteiger partial charge in [-0.1, -0.05) is 24.3 Å². The molecule has 2 saturated heterocycles. The zero-order valence-electron chi connectivity index (χ0n) is 19.9. The van der Waals surface area contributed by atoms with Gasteiger partial charge in [-0.15, -0.1) is 0 Å². The number of anilines is 1. The number of ether oxygens (including phenoxy) is 1. The van der Waals surface area contributed by atoms with Crippen molar-refractivity contribution in [3.63, 3.8) is 0 Å². The summed E-state index contributed by atoms with van der Waals surface area (Å²) in [5, 5.41) is 0. The Morgan fingerprint density at radius 1 is 0.939 bits per heavy atom. The zero-order valence-corrected chi connectivity index (χ0v) is 19.9. The minimum atomic E-state index is -0.486. The Labute approximate surface area is 196 Å². The molecule has 7 heteroatoms. The van der Waals surface area contributed by atoms with Gasteiger partial charge in [-0.25, -0.2) is 9.78 Å². The smallest absolute Gasteiger partial charge is 0.410 e. The van der Waals surface area contributed by atoms with E-state index in [2.05, 4.69) is 11.0 Å². The molecule has 0 radical (unpaired) electrons. The molecule has 0 spiro atoms. The first-order valence-corrected chi connectivity index (χ1v) is 11.9. The number of piperidine rings is 1. The van der Waals surface area contributed by atoms with Gasteiger partial charge in [0.15, 0.2) is 0 Å². The minimum absolute atomic E-state index is 0.0528. The summed E-state index contributed by atoms with van der Waals surface area (Å²) in [6.45, 7) is 9.07. The van der Waals surface area contributed by atoms with Crippen LogP contribution in [0.15, 0.2) is 48.7 Å². The molecule has 1 aromatic carbocycles. The summed E-state index contributed by atoms with van der Waals surface area (Å²) >= 11 is 0. The van der Waals surface area contributed by atoms with E-state index in [-0.39, 0.29) is 18.0 Å². The molecule has 2 aromatic rings. The predicted molar refractivity (Wildman–Crippen MR) is 128 cm³/mol. The standard InChI is InChI=1S/C26H34N4O3/c1-26(2,3)33-25(32)29-17-15-28(16-18-29)23-13-12-21(19-27-23)22-11-7-8-14-30(22)24(31)20-9-5-4-6-10-20/h4-6,9-10,12-13,19,22H,7-8,11,14-18H2,1-3H3. The second-order valence-electron chi connectivity index (χ2n) is 9.78. The Bertz CT molecular complexity index is 948. The van der Waals surface area contributed by atoms with E-state index < -0.39 is 5.60 Å². The number of hydrogen-bond donors (Lipinski definition) is 0. The summed E-state index contributed by atoms with van der Waals surface area (Å²) in [6.07, 6.45) is 4.75. The highest BCUT2D eigenvalue weighted by Gasteiger charge is 2.30. The summed E-state index contributed by atoms with van der Waals surface area (Å²) in [6, 6.07) is 13.7. The van der Waals surface area contributed by atoms with Crippen LogP contribution in [0.2, 0.25) is 0 Å². The van der Waals surface area contributed by atoms with Crippen molar-refractivity contribution in [1.82, 2.24) is 14.8 Å². The van der Waals surface area contributed by atoms with Crippen LogP contribution in [-0.4, -0.2) is 65.1 Å². The molecular formula is C26H34N4O3. The first-order valence-electron chi connectivity index (χ1n) is 11.9. The van der Waals surface area contributed by atoms with E-state index in [1.54, 1.807) is 4.90 Å². The van der Waals surface area contributed by atoms with E-state index in [4.69, 9.17) is 9.72 Å². The lowest BCUT2D eigenvalue weighted by atomic mass is 9.95. The van der Waals surface area contributed by atoms with Crippen LogP contribution in [0.4, 0.5) is 10.6 Å². The number of carbonyl (C=O) groups excluding carboxylic acids is 2. The normalized spacial score (nSPS) is 19.4. The molecule has 1 atom stereocenters. The van der Waals surface area contributed by atoms with Gasteiger partial charge >= 0.3 is 6.09 Å². The number of amides is 2. The molecule has 0 aliphatic carbocycles. The average molecular weight is 451 g/mol. The third kappa shape index (κ3) is 5.64. The maximum atomic E-state index is 13.1. The Morgan fingerprint density at radius 3 is 2.30 bits per heavy atom. The highest BCUT2D eigenvalue weighted by Crippen LogP contribution is 2.32. The molecule has 2 amide bonds. The summed E-state index contributed by atoms with van der Waals surface area (Å²) in [7, 11) is 0. The minimum Gasteiger partial charge on any atom is -0.444 e. The lowest BCUT2D eigenvalue weighted by Gasteiger charge is -2.37. The molecular weight excluding hydrogens is 416 g/mol. The number of rotatable bonds is 3. The van der Waals surface area contributed by atoms with Crippen LogP contribution >= 0.6 is 0 Å². The van der Waals surface area contributed by atoms with Crippen LogP contribution < -0.4 is 4.90 Å². The fourth-order valence-electron chi connectivity index (χ4n) is 4.49. The number of carbonyl (C=O) groups is 2. The molecule has 176 valence electrons. The van der Waals surface area contributed by atoms with Crippen molar-refractivity contribution in [3.8, 4) is 0 Å². The van der Waals surface area contributed by atoms with Gasteiger partial charge in [0, 0.05) is 44.5 Å². The monoisotopic (exact) mass is 450 g/mol. The lowest BCUT2D eigenvalue weighted by Crippen LogP contribution is -2.50. The second-order valence-corrected chi connectivity index (χ2v) is 9.78. The summed E-state index contributed by atoms with van der Waals surface area (Å²) in [4.78, 5) is 36.1. The fourth-order valence-corrected chi connectivity index (χ4v) is 4.49. The maximum Gasteiger partial charge on any atom is 0.410 e. The molecule has 4 rings (SSSR count). The van der Waals surface area contributed by atoms with Crippen molar-refractivity contribution in [2.45, 2.75) is 51.7 Å². The number of nitrogens with zero attached hydrogens (tertiary/aromatic N) is 4. The van der Waals surface area contributed by atoms with Crippen LogP contribution in [0.25, 0.3) is 0 Å². The molecule has 33 heavy (non-hydrogen) atoms. The van der Waals surface area contributed by atoms with E-state index in [9.17, 15) is 9.59 Å². The van der Waals surface area contributed by atoms with Gasteiger partial charge in [-0.2, -0.15) is 0 Å². The van der Waals surface area contributed by atoms with Crippen molar-refractivity contribution in [2.24, 2.45) is 0 Å². The van der Waals surface area contributed by atoms with Crippen molar-refractivity contribution in [1.29, 1.82) is 0 Å². The number of piperazine rings is 1. The lowest BCUT2D eigenvalue weighted by molar-refractivity contribution is 0.0240. The van der Waals surface area contributed by atoms with Crippen molar-refractivity contribution < 1.29 is 14.3 Å². The van der Waals surface area contributed by atoms with Crippen molar-refractivity contribution in [2.75, 3.05) is 37.6 Å². The van der Waals surface area contributed by atoms with Crippen LogP contribution in [-0.2, 0) is 4.74 Å². The summed E-state index contributed by atoms with van der Waals surface area (Å²) < 4.78 is 5.48. The van der Waals surface area contributed by atoms with E-state index in [0.29, 0.717) is 26.2 Å². The molecule has 0 bridgehead atoms. The van der Waals surface area contributed by atoms with Crippen molar-refractivity contribution >= 4 is 17.8 Å². The predicted octanol–water partition coefficient (Wildman–Crippen LogP) is 4.51. The Hall–Kier alpha value is -3.09. The second kappa shape index (κ2) is 9.81. The van der Waals surface area contributed by atoms with Crippen LogP contribution in [0, 0.1) is 0 Å². The Morgan fingerprint density at radius 2 is 1.67 bits per heavy atom. The molecule has 0 N–H and O–H groups in total. The van der Waals surface area contributed by atoms with Gasteiger partial charge in [-0.05, 0) is 63.8 Å². The van der Waals surface area contributed by atoms with Gasteiger partial charge in [0.25, 0.3) is 5.91 Å². The van der Waals surface area contributed by atoms with Gasteiger partial charge in [-0.3, -0.25) is 4.79 Å². The first-order chi connectivity index (χ1) is 15.8. The molecule has 2 aliphatic heterocycles. The highest BCUT2D eigenvalue weighted by atomic mass is 16.6. The van der Waals surface area contributed by atoms with Gasteiger partial charge in [0.2, 0.25) is 0 Å². The maximum absolute atomic E-state index is 13.1. The molecule has 1 aromatic heterocycles. The number of likely N-dealkylation sites (tertiary alicyclic amines) is 1. The SMILES string of the molecule is CC(C)(C)OC(=O)N1CCN(c2ccc(C3CCCCN3C(=O)c3ccccc3)cn2)CC1. The molecule has 3 heterocycles. The molecule has 2 fully saturated rings. The third-order valence-corrected chi connectivity index (χ3v) is 6.20. The van der Waals surface area contributed by atoms with Gasteiger partial charge in [0.1, 0.15) is 11.4 Å². The largest absolute Gasteiger partial charge is 0.444 e. The van der Waals surface area contributed by atoms with E-state index in [1.165, 1.54) is 0 Å². The Balaban J connectivity index is 1.39. The van der Waals surface area contributed by atoms with Crippen LogP contribution in [0.3, 0.4) is 0 Å². The first kappa shape index (κ1) is 23.1.